The van der Waals surface area contributed by atoms with Crippen molar-refractivity contribution in [3.8, 4) is 11.4 Å². The molecule has 1 aliphatic rings. The van der Waals surface area contributed by atoms with Crippen LogP contribution in [0.4, 0.5) is 5.69 Å². The Labute approximate surface area is 198 Å². The molecule has 0 radical (unpaired) electrons. The Morgan fingerprint density at radius 1 is 0.882 bits per heavy atom. The molecular weight excluding hydrogens is 448 g/mol. The summed E-state index contributed by atoms with van der Waals surface area (Å²) in [5, 5.41) is 2.93. The Morgan fingerprint density at radius 2 is 1.62 bits per heavy atom. The minimum absolute atomic E-state index is 0.146. The maximum Gasteiger partial charge on any atom is 0.255 e. The van der Waals surface area contributed by atoms with Gasteiger partial charge in [-0.2, -0.15) is 4.31 Å². The summed E-state index contributed by atoms with van der Waals surface area (Å²) in [5.74, 6) is 0.270. The van der Waals surface area contributed by atoms with E-state index in [1.165, 1.54) is 10.4 Å². The number of aromatic amines is 1. The number of rotatable bonds is 5. The second-order valence-corrected chi connectivity index (χ2v) is 10.4. The number of hydrogen-bond acceptors (Lipinski definition) is 4. The van der Waals surface area contributed by atoms with Crippen LogP contribution in [-0.4, -0.2) is 41.7 Å². The largest absolute Gasteiger partial charge is 0.338 e. The maximum absolute atomic E-state index is 13.2. The van der Waals surface area contributed by atoms with Gasteiger partial charge in [-0.15, -0.1) is 0 Å². The van der Waals surface area contributed by atoms with Crippen molar-refractivity contribution in [3.63, 3.8) is 0 Å². The average Bonchev–Trinajstić information content (AvgIpc) is 3.09. The summed E-state index contributed by atoms with van der Waals surface area (Å²) in [5.41, 5.74) is 3.37. The molecule has 8 heteroatoms. The Hall–Kier alpha value is -3.49. The summed E-state index contributed by atoms with van der Waals surface area (Å²) in [4.78, 5) is 21.2. The lowest BCUT2D eigenvalue weighted by molar-refractivity contribution is 0.102. The van der Waals surface area contributed by atoms with Crippen LogP contribution in [0.1, 0.15) is 36.0 Å². The lowest BCUT2D eigenvalue weighted by atomic mass is 10.1. The number of benzene rings is 3. The topological polar surface area (TPSA) is 95.2 Å². The predicted octanol–water partition coefficient (Wildman–Crippen LogP) is 5.05. The van der Waals surface area contributed by atoms with E-state index in [2.05, 4.69) is 15.3 Å². The SMILES string of the molecule is O=C(Nc1ccccc1-c1nc2ccccc2[nH]1)c1cccc(S(=O)(=O)N2CCCCCC2)c1. The first-order chi connectivity index (χ1) is 16.5. The number of carbonyl (C=O) groups excluding carboxylic acids is 1. The van der Waals surface area contributed by atoms with Gasteiger partial charge in [0.1, 0.15) is 5.82 Å². The van der Waals surface area contributed by atoms with E-state index in [4.69, 9.17) is 0 Å². The number of sulfonamides is 1. The van der Waals surface area contributed by atoms with E-state index in [1.54, 1.807) is 24.3 Å². The van der Waals surface area contributed by atoms with Crippen molar-refractivity contribution in [2.24, 2.45) is 0 Å². The molecule has 3 aromatic carbocycles. The van der Waals surface area contributed by atoms with Crippen LogP contribution >= 0.6 is 0 Å². The van der Waals surface area contributed by atoms with Gasteiger partial charge in [0.05, 0.1) is 21.6 Å². The molecule has 5 rings (SSSR count). The van der Waals surface area contributed by atoms with Gasteiger partial charge in [-0.25, -0.2) is 13.4 Å². The van der Waals surface area contributed by atoms with E-state index >= 15 is 0 Å². The smallest absolute Gasteiger partial charge is 0.255 e. The van der Waals surface area contributed by atoms with Gasteiger partial charge in [0.15, 0.2) is 0 Å². The van der Waals surface area contributed by atoms with Gasteiger partial charge in [0.25, 0.3) is 5.91 Å². The predicted molar refractivity (Wildman–Crippen MR) is 133 cm³/mol. The average molecular weight is 475 g/mol. The maximum atomic E-state index is 13.2. The second kappa shape index (κ2) is 9.40. The lowest BCUT2D eigenvalue weighted by Crippen LogP contribution is -2.32. The van der Waals surface area contributed by atoms with Crippen molar-refractivity contribution in [3.05, 3.63) is 78.4 Å². The second-order valence-electron chi connectivity index (χ2n) is 8.45. The van der Waals surface area contributed by atoms with E-state index < -0.39 is 10.0 Å². The van der Waals surface area contributed by atoms with Crippen LogP contribution in [-0.2, 0) is 10.0 Å². The minimum atomic E-state index is -3.64. The van der Waals surface area contributed by atoms with Gasteiger partial charge in [0.2, 0.25) is 10.0 Å². The standard InChI is InChI=1S/C26H26N4O3S/c31-26(19-10-9-11-20(18-19)34(32,33)30-16-7-1-2-8-17-30)29-22-13-4-3-12-21(22)25-27-23-14-5-6-15-24(23)28-25/h3-6,9-15,18H,1-2,7-8,16-17H2,(H,27,28)(H,29,31). The van der Waals surface area contributed by atoms with Crippen LogP contribution < -0.4 is 5.32 Å². The zero-order valence-electron chi connectivity index (χ0n) is 18.7. The Balaban J connectivity index is 1.41. The molecule has 1 aliphatic heterocycles. The Morgan fingerprint density at radius 3 is 2.41 bits per heavy atom. The molecule has 7 nitrogen and oxygen atoms in total. The number of amides is 1. The number of hydrogen-bond donors (Lipinski definition) is 2. The van der Waals surface area contributed by atoms with Crippen LogP contribution in [0.2, 0.25) is 0 Å². The van der Waals surface area contributed by atoms with Crippen LogP contribution in [0.3, 0.4) is 0 Å². The molecule has 2 heterocycles. The number of nitrogens with zero attached hydrogens (tertiary/aromatic N) is 2. The quantitative estimate of drug-likeness (QED) is 0.423. The van der Waals surface area contributed by atoms with Gasteiger partial charge in [-0.05, 0) is 55.3 Å². The highest BCUT2D eigenvalue weighted by Gasteiger charge is 2.26. The van der Waals surface area contributed by atoms with Crippen molar-refractivity contribution in [1.29, 1.82) is 0 Å². The molecule has 1 amide bonds. The van der Waals surface area contributed by atoms with Gasteiger partial charge < -0.3 is 10.3 Å². The zero-order chi connectivity index (χ0) is 23.5. The highest BCUT2D eigenvalue weighted by atomic mass is 32.2. The number of anilines is 1. The molecule has 2 N–H and O–H groups in total. The summed E-state index contributed by atoms with van der Waals surface area (Å²) in [6, 6.07) is 21.4. The van der Waals surface area contributed by atoms with Crippen molar-refractivity contribution in [2.75, 3.05) is 18.4 Å². The van der Waals surface area contributed by atoms with E-state index in [1.807, 2.05) is 42.5 Å². The van der Waals surface area contributed by atoms with Gasteiger partial charge in [-0.1, -0.05) is 43.2 Å². The molecule has 0 atom stereocenters. The third kappa shape index (κ3) is 4.47. The van der Waals surface area contributed by atoms with E-state index in [0.717, 1.165) is 42.3 Å². The zero-order valence-corrected chi connectivity index (χ0v) is 19.5. The molecule has 0 bridgehead atoms. The number of fused-ring (bicyclic) bond motifs is 1. The molecule has 1 aromatic heterocycles. The number of H-pyrrole nitrogens is 1. The fourth-order valence-electron chi connectivity index (χ4n) is 4.30. The normalized spacial score (nSPS) is 15.2. The first kappa shape index (κ1) is 22.3. The highest BCUT2D eigenvalue weighted by molar-refractivity contribution is 7.89. The van der Waals surface area contributed by atoms with Gasteiger partial charge >= 0.3 is 0 Å². The van der Waals surface area contributed by atoms with Crippen LogP contribution in [0.25, 0.3) is 22.4 Å². The summed E-state index contributed by atoms with van der Waals surface area (Å²) in [6.07, 6.45) is 3.80. The third-order valence-corrected chi connectivity index (χ3v) is 8.01. The van der Waals surface area contributed by atoms with Crippen molar-refractivity contribution >= 4 is 32.7 Å². The number of carbonyl (C=O) groups is 1. The van der Waals surface area contributed by atoms with Crippen molar-refractivity contribution in [1.82, 2.24) is 14.3 Å². The fourth-order valence-corrected chi connectivity index (χ4v) is 5.87. The first-order valence-electron chi connectivity index (χ1n) is 11.5. The number of imidazole rings is 1. The van der Waals surface area contributed by atoms with E-state index in [9.17, 15) is 13.2 Å². The highest BCUT2D eigenvalue weighted by Crippen LogP contribution is 2.28. The van der Waals surface area contributed by atoms with Gasteiger partial charge in [0, 0.05) is 24.2 Å². The van der Waals surface area contributed by atoms with E-state index in [0.29, 0.717) is 24.6 Å². The van der Waals surface area contributed by atoms with Gasteiger partial charge in [-0.3, -0.25) is 4.79 Å². The summed E-state index contributed by atoms with van der Waals surface area (Å²) in [7, 11) is -3.64. The molecular formula is C26H26N4O3S. The monoisotopic (exact) mass is 474 g/mol. The molecule has 1 saturated heterocycles. The molecule has 34 heavy (non-hydrogen) atoms. The molecule has 1 fully saturated rings. The first-order valence-corrected chi connectivity index (χ1v) is 12.9. The number of aromatic nitrogens is 2. The molecule has 0 spiro atoms. The molecule has 174 valence electrons. The Bertz CT molecular complexity index is 1400. The fraction of sp³-hybridized carbons (Fsp3) is 0.231. The van der Waals surface area contributed by atoms with Crippen molar-refractivity contribution < 1.29 is 13.2 Å². The van der Waals surface area contributed by atoms with Crippen LogP contribution in [0, 0.1) is 0 Å². The molecule has 0 saturated carbocycles. The molecule has 4 aromatic rings. The number of nitrogens with one attached hydrogen (secondary N) is 2. The summed E-state index contributed by atoms with van der Waals surface area (Å²) < 4.78 is 27.9. The Kier molecular flexibility index (Phi) is 6.17. The van der Waals surface area contributed by atoms with Crippen LogP contribution in [0.15, 0.2) is 77.7 Å². The third-order valence-electron chi connectivity index (χ3n) is 6.12. The van der Waals surface area contributed by atoms with E-state index in [-0.39, 0.29) is 16.4 Å². The summed E-state index contributed by atoms with van der Waals surface area (Å²) in [6.45, 7) is 1.03. The van der Waals surface area contributed by atoms with Crippen LogP contribution in [0.5, 0.6) is 0 Å². The minimum Gasteiger partial charge on any atom is -0.338 e. The molecule has 0 aliphatic carbocycles. The lowest BCUT2D eigenvalue weighted by Gasteiger charge is -2.20. The number of para-hydroxylation sites is 3. The summed E-state index contributed by atoms with van der Waals surface area (Å²) >= 11 is 0. The van der Waals surface area contributed by atoms with Crippen molar-refractivity contribution in [2.45, 2.75) is 30.6 Å². The molecule has 0 unspecified atom stereocenters.